The highest BCUT2D eigenvalue weighted by Gasteiger charge is 2.10. The van der Waals surface area contributed by atoms with Gasteiger partial charge in [-0.2, -0.15) is 0 Å². The molecule has 0 saturated heterocycles. The van der Waals surface area contributed by atoms with Crippen LogP contribution in [0.1, 0.15) is 39.5 Å². The fraction of sp³-hybridized carbons (Fsp3) is 0.636. The SMILES string of the molecule is CCCCCC[NH+]1C=CC=C1C.[F-]. The third-order valence-corrected chi connectivity index (χ3v) is 2.45. The minimum Gasteiger partial charge on any atom is -1.00 e. The molecular formula is C11H20FN. The average molecular weight is 185 g/mol. The zero-order valence-electron chi connectivity index (χ0n) is 8.65. The van der Waals surface area contributed by atoms with Crippen LogP contribution in [-0.4, -0.2) is 6.54 Å². The van der Waals surface area contributed by atoms with Crippen molar-refractivity contribution in [2.24, 2.45) is 0 Å². The van der Waals surface area contributed by atoms with Crippen molar-refractivity contribution in [3.63, 3.8) is 0 Å². The van der Waals surface area contributed by atoms with E-state index >= 15 is 0 Å². The molecular weight excluding hydrogens is 165 g/mol. The van der Waals surface area contributed by atoms with E-state index in [2.05, 4.69) is 32.2 Å². The van der Waals surface area contributed by atoms with Crippen molar-refractivity contribution in [3.05, 3.63) is 24.0 Å². The maximum atomic E-state index is 2.26. The van der Waals surface area contributed by atoms with Crippen molar-refractivity contribution in [2.45, 2.75) is 39.5 Å². The molecule has 1 aliphatic rings. The Morgan fingerprint density at radius 2 is 2.00 bits per heavy atom. The zero-order chi connectivity index (χ0) is 8.81. The number of unbranched alkanes of at least 4 members (excludes halogenated alkanes) is 3. The summed E-state index contributed by atoms with van der Waals surface area (Å²) in [5, 5.41) is 0. The Morgan fingerprint density at radius 1 is 1.23 bits per heavy atom. The molecule has 1 unspecified atom stereocenters. The van der Waals surface area contributed by atoms with Gasteiger partial charge in [-0.05, 0) is 25.0 Å². The van der Waals surface area contributed by atoms with Crippen molar-refractivity contribution >= 4 is 0 Å². The second-order valence-corrected chi connectivity index (χ2v) is 3.54. The molecule has 0 aromatic heterocycles. The van der Waals surface area contributed by atoms with Crippen molar-refractivity contribution < 1.29 is 9.60 Å². The van der Waals surface area contributed by atoms with Crippen LogP contribution < -0.4 is 9.60 Å². The minimum atomic E-state index is 0. The molecule has 0 aromatic carbocycles. The monoisotopic (exact) mass is 185 g/mol. The number of allylic oxidation sites excluding steroid dienone is 3. The van der Waals surface area contributed by atoms with Gasteiger partial charge in [0, 0.05) is 6.92 Å². The van der Waals surface area contributed by atoms with Crippen molar-refractivity contribution in [3.8, 4) is 0 Å². The first-order chi connectivity index (χ1) is 5.84. The molecule has 1 rings (SSSR count). The molecule has 2 heteroatoms. The molecule has 0 amide bonds. The third-order valence-electron chi connectivity index (χ3n) is 2.45. The lowest BCUT2D eigenvalue weighted by atomic mass is 10.2. The quantitative estimate of drug-likeness (QED) is 0.518. The third kappa shape index (κ3) is 4.23. The van der Waals surface area contributed by atoms with Crippen molar-refractivity contribution in [1.82, 2.24) is 0 Å². The first-order valence-corrected chi connectivity index (χ1v) is 5.05. The Balaban J connectivity index is 0.00000144. The minimum absolute atomic E-state index is 0. The first kappa shape index (κ1) is 12.4. The van der Waals surface area contributed by atoms with Crippen LogP contribution in [0.3, 0.4) is 0 Å². The lowest BCUT2D eigenvalue weighted by Gasteiger charge is -2.10. The average Bonchev–Trinajstić information content (AvgIpc) is 2.46. The lowest BCUT2D eigenvalue weighted by molar-refractivity contribution is -0.802. The van der Waals surface area contributed by atoms with Gasteiger partial charge in [-0.15, -0.1) is 0 Å². The highest BCUT2D eigenvalue weighted by molar-refractivity contribution is 5.08. The van der Waals surface area contributed by atoms with E-state index in [1.807, 2.05) is 0 Å². The Labute approximate surface area is 80.5 Å². The van der Waals surface area contributed by atoms with Crippen LogP contribution in [0.25, 0.3) is 0 Å². The van der Waals surface area contributed by atoms with Gasteiger partial charge in [0.2, 0.25) is 0 Å². The van der Waals surface area contributed by atoms with E-state index in [0.717, 1.165) is 0 Å². The van der Waals surface area contributed by atoms with Crippen molar-refractivity contribution in [2.75, 3.05) is 6.54 Å². The number of quaternary nitrogens is 1. The maximum Gasteiger partial charge on any atom is 0.109 e. The molecule has 1 aliphatic heterocycles. The van der Waals surface area contributed by atoms with Gasteiger partial charge in [0.15, 0.2) is 0 Å². The van der Waals surface area contributed by atoms with E-state index in [1.54, 1.807) is 4.90 Å². The summed E-state index contributed by atoms with van der Waals surface area (Å²) in [5.41, 5.74) is 1.46. The van der Waals surface area contributed by atoms with Gasteiger partial charge in [-0.25, -0.2) is 0 Å². The summed E-state index contributed by atoms with van der Waals surface area (Å²) in [5.74, 6) is 0. The molecule has 0 aromatic rings. The predicted octanol–water partition coefficient (Wildman–Crippen LogP) is -1.11. The molecule has 0 aliphatic carbocycles. The van der Waals surface area contributed by atoms with Gasteiger partial charge >= 0.3 is 0 Å². The fourth-order valence-corrected chi connectivity index (χ4v) is 1.57. The molecule has 76 valence electrons. The van der Waals surface area contributed by atoms with E-state index in [-0.39, 0.29) is 4.70 Å². The summed E-state index contributed by atoms with van der Waals surface area (Å²) < 4.78 is 0. The molecule has 0 spiro atoms. The van der Waals surface area contributed by atoms with E-state index in [1.165, 1.54) is 37.9 Å². The first-order valence-electron chi connectivity index (χ1n) is 5.05. The highest BCUT2D eigenvalue weighted by atomic mass is 19.0. The predicted molar refractivity (Wildman–Crippen MR) is 52.9 cm³/mol. The van der Waals surface area contributed by atoms with Crippen molar-refractivity contribution in [1.29, 1.82) is 0 Å². The van der Waals surface area contributed by atoms with Crippen LogP contribution in [0.15, 0.2) is 24.0 Å². The van der Waals surface area contributed by atoms with Gasteiger partial charge in [0.1, 0.15) is 5.70 Å². The number of nitrogens with one attached hydrogen (secondary N) is 1. The van der Waals surface area contributed by atoms with E-state index < -0.39 is 0 Å². The molecule has 1 N–H and O–H groups in total. The molecule has 0 radical (unpaired) electrons. The highest BCUT2D eigenvalue weighted by Crippen LogP contribution is 1.97. The molecule has 13 heavy (non-hydrogen) atoms. The summed E-state index contributed by atoms with van der Waals surface area (Å²) in [6.45, 7) is 5.74. The molecule has 0 bridgehead atoms. The standard InChI is InChI=1S/C11H19N.FH/c1-3-4-5-6-9-12-10-7-8-11(12)2;/h7-8,10H,3-6,9H2,1-2H3;1H. The number of hydrogen-bond donors (Lipinski definition) is 1. The second kappa shape index (κ2) is 6.84. The molecule has 0 fully saturated rings. The fourth-order valence-electron chi connectivity index (χ4n) is 1.57. The molecule has 1 atom stereocenters. The van der Waals surface area contributed by atoms with Gasteiger partial charge in [-0.1, -0.05) is 19.8 Å². The summed E-state index contributed by atoms with van der Waals surface area (Å²) in [7, 11) is 0. The van der Waals surface area contributed by atoms with E-state index in [4.69, 9.17) is 0 Å². The maximum absolute atomic E-state index is 2.26. The van der Waals surface area contributed by atoms with E-state index in [9.17, 15) is 0 Å². The number of hydrogen-bond acceptors (Lipinski definition) is 0. The lowest BCUT2D eigenvalue weighted by Crippen LogP contribution is -3.04. The Hall–Kier alpha value is -0.630. The molecule has 1 heterocycles. The topological polar surface area (TPSA) is 4.44 Å². The zero-order valence-corrected chi connectivity index (χ0v) is 8.65. The summed E-state index contributed by atoms with van der Waals surface area (Å²) >= 11 is 0. The Kier molecular flexibility index (Phi) is 6.51. The molecule has 0 saturated carbocycles. The van der Waals surface area contributed by atoms with Gasteiger partial charge in [0.05, 0.1) is 12.7 Å². The largest absolute Gasteiger partial charge is 1.00 e. The van der Waals surface area contributed by atoms with E-state index in [0.29, 0.717) is 0 Å². The summed E-state index contributed by atoms with van der Waals surface area (Å²) in [6, 6.07) is 0. The Morgan fingerprint density at radius 3 is 2.54 bits per heavy atom. The van der Waals surface area contributed by atoms with Crippen LogP contribution in [0.5, 0.6) is 0 Å². The van der Waals surface area contributed by atoms with Crippen LogP contribution >= 0.6 is 0 Å². The van der Waals surface area contributed by atoms with Crippen LogP contribution in [0, 0.1) is 0 Å². The number of halogens is 1. The van der Waals surface area contributed by atoms with Crippen LogP contribution in [0.2, 0.25) is 0 Å². The second-order valence-electron chi connectivity index (χ2n) is 3.54. The van der Waals surface area contributed by atoms with Gasteiger partial charge in [-0.3, -0.25) is 4.90 Å². The van der Waals surface area contributed by atoms with Crippen LogP contribution in [0.4, 0.5) is 0 Å². The summed E-state index contributed by atoms with van der Waals surface area (Å²) in [6.07, 6.45) is 12.1. The van der Waals surface area contributed by atoms with Gasteiger partial charge < -0.3 is 4.70 Å². The summed E-state index contributed by atoms with van der Waals surface area (Å²) in [4.78, 5) is 1.55. The van der Waals surface area contributed by atoms with Gasteiger partial charge in [0.25, 0.3) is 0 Å². The smallest absolute Gasteiger partial charge is 0.109 e. The normalized spacial score (nSPS) is 19.8. The number of rotatable bonds is 5. The molecule has 1 nitrogen and oxygen atoms in total. The van der Waals surface area contributed by atoms with Crippen LogP contribution in [-0.2, 0) is 0 Å². The Bertz CT molecular complexity index is 185.